The van der Waals surface area contributed by atoms with Gasteiger partial charge in [-0.1, -0.05) is 34.1 Å². The molecule has 0 amide bonds. The van der Waals surface area contributed by atoms with Crippen molar-refractivity contribution in [1.82, 2.24) is 5.32 Å². The highest BCUT2D eigenvalue weighted by molar-refractivity contribution is 9.10. The van der Waals surface area contributed by atoms with Crippen molar-refractivity contribution in [2.75, 3.05) is 6.61 Å². The SMILES string of the molecule is CCOc1cccc(C2C=C(c3ccc(Br)cc3)NC(c3ccc(F)cc3)[NH2+]2)c1O. The number of phenols is 1. The molecule has 154 valence electrons. The third-order valence-electron chi connectivity index (χ3n) is 5.13. The molecule has 4 nitrogen and oxygen atoms in total. The summed E-state index contributed by atoms with van der Waals surface area (Å²) in [6.07, 6.45) is 1.95. The summed E-state index contributed by atoms with van der Waals surface area (Å²) in [5.74, 6) is 0.350. The molecule has 0 aromatic heterocycles. The van der Waals surface area contributed by atoms with Crippen LogP contribution in [0.5, 0.6) is 11.5 Å². The molecule has 0 spiro atoms. The Kier molecular flexibility index (Phi) is 6.06. The Morgan fingerprint density at radius 1 is 1.07 bits per heavy atom. The fraction of sp³-hybridized carbons (Fsp3) is 0.167. The number of nitrogens with one attached hydrogen (secondary N) is 1. The highest BCUT2D eigenvalue weighted by Crippen LogP contribution is 2.35. The molecule has 0 saturated heterocycles. The average Bonchev–Trinajstić information content (AvgIpc) is 2.76. The standard InChI is InChI=1S/C24H22BrFN2O2/c1-2-30-22-5-3-4-19(23(22)29)21-14-20(15-6-10-17(25)11-7-15)27-24(28-21)16-8-12-18(26)13-9-16/h3-14,21,24,27-29H,2H2,1H3/p+1. The number of rotatable bonds is 5. The summed E-state index contributed by atoms with van der Waals surface area (Å²) in [6.45, 7) is 2.37. The zero-order valence-electron chi connectivity index (χ0n) is 16.5. The monoisotopic (exact) mass is 469 g/mol. The van der Waals surface area contributed by atoms with E-state index >= 15 is 0 Å². The zero-order valence-corrected chi connectivity index (χ0v) is 18.1. The Hall–Kier alpha value is -2.83. The molecule has 1 aliphatic rings. The van der Waals surface area contributed by atoms with Gasteiger partial charge in [-0.15, -0.1) is 0 Å². The maximum absolute atomic E-state index is 13.5. The molecule has 30 heavy (non-hydrogen) atoms. The fourth-order valence-electron chi connectivity index (χ4n) is 3.65. The van der Waals surface area contributed by atoms with Crippen molar-refractivity contribution in [3.8, 4) is 11.5 Å². The van der Waals surface area contributed by atoms with Crippen LogP contribution in [0, 0.1) is 5.82 Å². The van der Waals surface area contributed by atoms with Gasteiger partial charge in [0.2, 0.25) is 0 Å². The Bertz CT molecular complexity index is 1050. The van der Waals surface area contributed by atoms with Gasteiger partial charge in [0.15, 0.2) is 17.7 Å². The second-order valence-electron chi connectivity index (χ2n) is 7.11. The minimum Gasteiger partial charge on any atom is -0.504 e. The molecule has 2 unspecified atom stereocenters. The van der Waals surface area contributed by atoms with Crippen molar-refractivity contribution in [2.24, 2.45) is 0 Å². The number of hydrogen-bond donors (Lipinski definition) is 3. The van der Waals surface area contributed by atoms with Gasteiger partial charge in [0.25, 0.3) is 0 Å². The van der Waals surface area contributed by atoms with Gasteiger partial charge >= 0.3 is 0 Å². The predicted octanol–water partition coefficient (Wildman–Crippen LogP) is 4.64. The minimum atomic E-state index is -0.267. The van der Waals surface area contributed by atoms with Crippen molar-refractivity contribution in [3.63, 3.8) is 0 Å². The lowest BCUT2D eigenvalue weighted by Crippen LogP contribution is -2.89. The molecule has 3 aromatic carbocycles. The maximum atomic E-state index is 13.5. The zero-order chi connectivity index (χ0) is 21.1. The highest BCUT2D eigenvalue weighted by atomic mass is 79.9. The van der Waals surface area contributed by atoms with Gasteiger partial charge < -0.3 is 20.5 Å². The van der Waals surface area contributed by atoms with Crippen LogP contribution in [-0.2, 0) is 0 Å². The lowest BCUT2D eigenvalue weighted by atomic mass is 9.97. The van der Waals surface area contributed by atoms with Crippen LogP contribution in [0.4, 0.5) is 4.39 Å². The predicted molar refractivity (Wildman–Crippen MR) is 118 cm³/mol. The van der Waals surface area contributed by atoms with E-state index < -0.39 is 0 Å². The summed E-state index contributed by atoms with van der Waals surface area (Å²) in [5, 5.41) is 16.5. The van der Waals surface area contributed by atoms with Crippen molar-refractivity contribution < 1.29 is 19.6 Å². The molecular formula is C24H23BrFN2O2+. The smallest absolute Gasteiger partial charge is 0.186 e. The van der Waals surface area contributed by atoms with Gasteiger partial charge in [0.1, 0.15) is 11.9 Å². The quantitative estimate of drug-likeness (QED) is 0.510. The van der Waals surface area contributed by atoms with Gasteiger partial charge in [-0.2, -0.15) is 0 Å². The third-order valence-corrected chi connectivity index (χ3v) is 5.66. The first-order valence-corrected chi connectivity index (χ1v) is 10.6. The second kappa shape index (κ2) is 8.90. The van der Waals surface area contributed by atoms with Gasteiger partial charge in [-0.25, -0.2) is 4.39 Å². The Labute approximate surface area is 183 Å². The molecule has 6 heteroatoms. The van der Waals surface area contributed by atoms with Crippen LogP contribution in [0.1, 0.15) is 35.8 Å². The number of halogens is 2. The summed E-state index contributed by atoms with van der Waals surface area (Å²) in [6, 6.07) is 19.9. The summed E-state index contributed by atoms with van der Waals surface area (Å²) in [4.78, 5) is 0. The van der Waals surface area contributed by atoms with Crippen molar-refractivity contribution in [3.05, 3.63) is 99.8 Å². The summed E-state index contributed by atoms with van der Waals surface area (Å²) in [5.41, 5.74) is 3.70. The van der Waals surface area contributed by atoms with Crippen LogP contribution in [0.25, 0.3) is 5.70 Å². The molecule has 0 radical (unpaired) electrons. The first-order valence-electron chi connectivity index (χ1n) is 9.84. The van der Waals surface area contributed by atoms with E-state index in [1.165, 1.54) is 12.1 Å². The van der Waals surface area contributed by atoms with E-state index in [1.807, 2.05) is 43.3 Å². The van der Waals surface area contributed by atoms with Crippen LogP contribution in [0.15, 0.2) is 77.3 Å². The topological polar surface area (TPSA) is 58.1 Å². The lowest BCUT2D eigenvalue weighted by Gasteiger charge is -2.30. The van der Waals surface area contributed by atoms with Gasteiger partial charge in [-0.3, -0.25) is 0 Å². The van der Waals surface area contributed by atoms with Crippen molar-refractivity contribution in [2.45, 2.75) is 19.1 Å². The number of para-hydroxylation sites is 1. The first kappa shape index (κ1) is 20.4. The van der Waals surface area contributed by atoms with Crippen LogP contribution in [0.3, 0.4) is 0 Å². The number of quaternary nitrogens is 1. The molecule has 4 rings (SSSR count). The molecule has 4 N–H and O–H groups in total. The maximum Gasteiger partial charge on any atom is 0.186 e. The van der Waals surface area contributed by atoms with Crippen LogP contribution in [0.2, 0.25) is 0 Å². The fourth-order valence-corrected chi connectivity index (χ4v) is 3.92. The van der Waals surface area contributed by atoms with Gasteiger partial charge in [0.05, 0.1) is 12.2 Å². The van der Waals surface area contributed by atoms with Gasteiger partial charge in [-0.05, 0) is 61.0 Å². The number of nitrogens with two attached hydrogens (primary N) is 1. The molecular weight excluding hydrogens is 447 g/mol. The van der Waals surface area contributed by atoms with E-state index in [4.69, 9.17) is 4.74 Å². The van der Waals surface area contributed by atoms with E-state index in [2.05, 4.69) is 32.6 Å². The van der Waals surface area contributed by atoms with E-state index in [1.54, 1.807) is 18.2 Å². The van der Waals surface area contributed by atoms with Crippen LogP contribution in [-0.4, -0.2) is 11.7 Å². The number of ether oxygens (including phenoxy) is 1. The Morgan fingerprint density at radius 3 is 2.50 bits per heavy atom. The first-order chi connectivity index (χ1) is 14.5. The minimum absolute atomic E-state index is 0.144. The Morgan fingerprint density at radius 2 is 1.80 bits per heavy atom. The van der Waals surface area contributed by atoms with Crippen molar-refractivity contribution in [1.29, 1.82) is 0 Å². The second-order valence-corrected chi connectivity index (χ2v) is 8.02. The van der Waals surface area contributed by atoms with E-state index in [0.29, 0.717) is 12.4 Å². The van der Waals surface area contributed by atoms with Crippen LogP contribution >= 0.6 is 15.9 Å². The number of aromatic hydroxyl groups is 1. The van der Waals surface area contributed by atoms with Crippen LogP contribution < -0.4 is 15.4 Å². The summed E-state index contributed by atoms with van der Waals surface area (Å²) in [7, 11) is 0. The molecule has 3 aromatic rings. The number of phenolic OH excluding ortho intramolecular Hbond substituents is 1. The third kappa shape index (κ3) is 4.35. The number of benzene rings is 3. The van der Waals surface area contributed by atoms with E-state index in [0.717, 1.165) is 26.9 Å². The molecule has 1 heterocycles. The highest BCUT2D eigenvalue weighted by Gasteiger charge is 2.30. The largest absolute Gasteiger partial charge is 0.504 e. The molecule has 0 aliphatic carbocycles. The van der Waals surface area contributed by atoms with Gasteiger partial charge in [0, 0.05) is 21.8 Å². The normalized spacial score (nSPS) is 18.4. The Balaban J connectivity index is 1.75. The molecule has 0 fully saturated rings. The average molecular weight is 470 g/mol. The summed E-state index contributed by atoms with van der Waals surface area (Å²) < 4.78 is 20.0. The summed E-state index contributed by atoms with van der Waals surface area (Å²) >= 11 is 3.48. The van der Waals surface area contributed by atoms with E-state index in [-0.39, 0.29) is 23.8 Å². The molecule has 0 saturated carbocycles. The molecule has 0 bridgehead atoms. The molecule has 1 aliphatic heterocycles. The van der Waals surface area contributed by atoms with E-state index in [9.17, 15) is 9.50 Å². The molecule has 2 atom stereocenters. The lowest BCUT2D eigenvalue weighted by molar-refractivity contribution is -0.731. The van der Waals surface area contributed by atoms with Crippen molar-refractivity contribution >= 4 is 21.6 Å². The number of hydrogen-bond acceptors (Lipinski definition) is 3.